The second-order valence-electron chi connectivity index (χ2n) is 7.44. The minimum atomic E-state index is -0.286. The molecule has 2 heterocycles. The molecule has 1 saturated heterocycles. The predicted molar refractivity (Wildman–Crippen MR) is 100 cm³/mol. The van der Waals surface area contributed by atoms with Crippen molar-refractivity contribution >= 4 is 5.91 Å². The smallest absolute Gasteiger partial charge is 0.236 e. The zero-order valence-corrected chi connectivity index (χ0v) is 15.7. The molecule has 0 spiro atoms. The second-order valence-corrected chi connectivity index (χ2v) is 7.44. The summed E-state index contributed by atoms with van der Waals surface area (Å²) in [7, 11) is 2.08. The van der Waals surface area contributed by atoms with E-state index in [1.54, 1.807) is 12.4 Å². The van der Waals surface area contributed by atoms with Gasteiger partial charge in [0.15, 0.2) is 0 Å². The zero-order chi connectivity index (χ0) is 18.4. The molecule has 26 heavy (non-hydrogen) atoms. The van der Waals surface area contributed by atoms with Crippen molar-refractivity contribution in [3.05, 3.63) is 30.1 Å². The zero-order valence-electron chi connectivity index (χ0n) is 15.7. The number of nitrogens with zero attached hydrogens (tertiary/aromatic N) is 5. The summed E-state index contributed by atoms with van der Waals surface area (Å²) in [4.78, 5) is 23.1. The van der Waals surface area contributed by atoms with Crippen LogP contribution in [0.1, 0.15) is 43.7 Å². The van der Waals surface area contributed by atoms with Crippen LogP contribution in [0, 0.1) is 11.3 Å². The molecular weight excluding hydrogens is 326 g/mol. The fourth-order valence-electron chi connectivity index (χ4n) is 4.10. The summed E-state index contributed by atoms with van der Waals surface area (Å²) in [6.45, 7) is 3.35. The molecule has 2 aliphatic rings. The van der Waals surface area contributed by atoms with E-state index in [1.165, 1.54) is 32.1 Å². The van der Waals surface area contributed by atoms with Gasteiger partial charge in [-0.1, -0.05) is 25.3 Å². The molecule has 1 aromatic heterocycles. The summed E-state index contributed by atoms with van der Waals surface area (Å²) >= 11 is 0. The van der Waals surface area contributed by atoms with Crippen LogP contribution >= 0.6 is 0 Å². The first kappa shape index (κ1) is 18.8. The van der Waals surface area contributed by atoms with Crippen molar-refractivity contribution in [3.63, 3.8) is 0 Å². The van der Waals surface area contributed by atoms with E-state index in [-0.39, 0.29) is 11.9 Å². The van der Waals surface area contributed by atoms with Crippen LogP contribution in [-0.2, 0) is 4.79 Å². The molecule has 6 nitrogen and oxygen atoms in total. The number of piperazine rings is 1. The molecule has 1 unspecified atom stereocenters. The molecule has 1 aliphatic heterocycles. The van der Waals surface area contributed by atoms with Gasteiger partial charge >= 0.3 is 0 Å². The van der Waals surface area contributed by atoms with E-state index >= 15 is 0 Å². The van der Waals surface area contributed by atoms with Crippen LogP contribution in [0.3, 0.4) is 0 Å². The summed E-state index contributed by atoms with van der Waals surface area (Å²) in [5.74, 6) is 0.215. The third-order valence-corrected chi connectivity index (χ3v) is 5.74. The van der Waals surface area contributed by atoms with Crippen LogP contribution < -0.4 is 0 Å². The molecule has 1 aliphatic carbocycles. The number of carbonyl (C=O) groups excluding carboxylic acids is 1. The van der Waals surface area contributed by atoms with Gasteiger partial charge in [0, 0.05) is 50.2 Å². The maximum Gasteiger partial charge on any atom is 0.236 e. The van der Waals surface area contributed by atoms with Crippen LogP contribution in [0.4, 0.5) is 0 Å². The maximum absolute atomic E-state index is 12.7. The normalized spacial score (nSPS) is 20.7. The molecular formula is C20H29N5O. The molecule has 140 valence electrons. The minimum Gasteiger partial charge on any atom is -0.339 e. The van der Waals surface area contributed by atoms with Crippen molar-refractivity contribution in [1.82, 2.24) is 19.7 Å². The van der Waals surface area contributed by atoms with Gasteiger partial charge in [-0.15, -0.1) is 0 Å². The fourth-order valence-corrected chi connectivity index (χ4v) is 4.10. The summed E-state index contributed by atoms with van der Waals surface area (Å²) in [5.41, 5.74) is 0.923. The number of hydrogen-bond acceptors (Lipinski definition) is 5. The van der Waals surface area contributed by atoms with Crippen molar-refractivity contribution in [2.75, 3.05) is 39.8 Å². The number of pyridine rings is 1. The van der Waals surface area contributed by atoms with E-state index in [4.69, 9.17) is 0 Å². The lowest BCUT2D eigenvalue weighted by atomic mass is 9.94. The number of carbonyl (C=O) groups is 1. The van der Waals surface area contributed by atoms with E-state index in [1.807, 2.05) is 17.0 Å². The lowest BCUT2D eigenvalue weighted by Crippen LogP contribution is -2.52. The Bertz CT molecular complexity index is 615. The molecule has 3 rings (SSSR count). The van der Waals surface area contributed by atoms with Gasteiger partial charge in [0.2, 0.25) is 5.91 Å². The van der Waals surface area contributed by atoms with Gasteiger partial charge in [-0.05, 0) is 26.0 Å². The average molecular weight is 355 g/mol. The number of hydrogen-bond donors (Lipinski definition) is 0. The SMILES string of the molecule is CN(CC(=O)N1CCN(C(C#N)c2cccnc2)CC1)C1CCCCC1. The summed E-state index contributed by atoms with van der Waals surface area (Å²) in [6.07, 6.45) is 9.80. The van der Waals surface area contributed by atoms with Crippen molar-refractivity contribution in [2.45, 2.75) is 44.2 Å². The lowest BCUT2D eigenvalue weighted by molar-refractivity contribution is -0.134. The molecule has 0 aromatic carbocycles. The number of amides is 1. The highest BCUT2D eigenvalue weighted by atomic mass is 16.2. The van der Waals surface area contributed by atoms with E-state index in [0.29, 0.717) is 25.7 Å². The van der Waals surface area contributed by atoms with Gasteiger partial charge in [0.25, 0.3) is 0 Å². The molecule has 0 N–H and O–H groups in total. The summed E-state index contributed by atoms with van der Waals surface area (Å²) in [6, 6.07) is 6.46. The molecule has 1 aromatic rings. The topological polar surface area (TPSA) is 63.5 Å². The first-order valence-electron chi connectivity index (χ1n) is 9.70. The Morgan fingerprint density at radius 3 is 2.65 bits per heavy atom. The van der Waals surface area contributed by atoms with Gasteiger partial charge in [0.1, 0.15) is 6.04 Å². The number of likely N-dealkylation sites (N-methyl/N-ethyl adjacent to an activating group) is 1. The van der Waals surface area contributed by atoms with Crippen LogP contribution in [-0.4, -0.2) is 71.4 Å². The lowest BCUT2D eigenvalue weighted by Gasteiger charge is -2.38. The Balaban J connectivity index is 1.49. The van der Waals surface area contributed by atoms with Gasteiger partial charge in [-0.25, -0.2) is 0 Å². The van der Waals surface area contributed by atoms with Gasteiger partial charge in [0.05, 0.1) is 12.6 Å². The molecule has 1 amide bonds. The van der Waals surface area contributed by atoms with Gasteiger partial charge < -0.3 is 4.90 Å². The van der Waals surface area contributed by atoms with Gasteiger partial charge in [-0.2, -0.15) is 5.26 Å². The monoisotopic (exact) mass is 355 g/mol. The highest BCUT2D eigenvalue weighted by Crippen LogP contribution is 2.23. The highest BCUT2D eigenvalue weighted by Gasteiger charge is 2.28. The van der Waals surface area contributed by atoms with Crippen molar-refractivity contribution in [1.29, 1.82) is 5.26 Å². The van der Waals surface area contributed by atoms with Crippen LogP contribution in [0.25, 0.3) is 0 Å². The van der Waals surface area contributed by atoms with E-state index in [0.717, 1.165) is 18.7 Å². The van der Waals surface area contributed by atoms with Crippen LogP contribution in [0.5, 0.6) is 0 Å². The number of nitriles is 1. The maximum atomic E-state index is 12.7. The molecule has 1 atom stereocenters. The highest BCUT2D eigenvalue weighted by molar-refractivity contribution is 5.78. The van der Waals surface area contributed by atoms with E-state index in [2.05, 4.69) is 27.9 Å². The average Bonchev–Trinajstić information content (AvgIpc) is 2.70. The van der Waals surface area contributed by atoms with E-state index in [9.17, 15) is 10.1 Å². The number of rotatable bonds is 5. The Morgan fingerprint density at radius 2 is 2.04 bits per heavy atom. The first-order chi connectivity index (χ1) is 12.7. The Kier molecular flexibility index (Phi) is 6.59. The summed E-state index contributed by atoms with van der Waals surface area (Å²) < 4.78 is 0. The Morgan fingerprint density at radius 1 is 1.31 bits per heavy atom. The predicted octanol–water partition coefficient (Wildman–Crippen LogP) is 2.05. The molecule has 1 saturated carbocycles. The van der Waals surface area contributed by atoms with Crippen molar-refractivity contribution in [2.24, 2.45) is 0 Å². The van der Waals surface area contributed by atoms with Crippen LogP contribution in [0.15, 0.2) is 24.5 Å². The Hall–Kier alpha value is -1.97. The Labute approximate surface area is 156 Å². The molecule has 2 fully saturated rings. The fraction of sp³-hybridized carbons (Fsp3) is 0.650. The molecule has 6 heteroatoms. The standard InChI is InChI=1S/C20H29N5O/c1-23(18-7-3-2-4-8-18)16-20(26)25-12-10-24(11-13-25)19(14-21)17-6-5-9-22-15-17/h5-6,9,15,18-19H,2-4,7-8,10-13,16H2,1H3. The first-order valence-corrected chi connectivity index (χ1v) is 9.70. The third-order valence-electron chi connectivity index (χ3n) is 5.74. The van der Waals surface area contributed by atoms with Crippen molar-refractivity contribution in [3.8, 4) is 6.07 Å². The summed E-state index contributed by atoms with van der Waals surface area (Å²) in [5, 5.41) is 9.56. The second kappa shape index (κ2) is 9.11. The molecule has 0 bridgehead atoms. The van der Waals surface area contributed by atoms with Crippen molar-refractivity contribution < 1.29 is 4.79 Å². The van der Waals surface area contributed by atoms with Crippen LogP contribution in [0.2, 0.25) is 0 Å². The quantitative estimate of drug-likeness (QED) is 0.809. The third kappa shape index (κ3) is 4.60. The molecule has 0 radical (unpaired) electrons. The van der Waals surface area contributed by atoms with Gasteiger partial charge in [-0.3, -0.25) is 19.6 Å². The largest absolute Gasteiger partial charge is 0.339 e. The minimum absolute atomic E-state index is 0.215. The number of aromatic nitrogens is 1. The van der Waals surface area contributed by atoms with E-state index < -0.39 is 0 Å².